The van der Waals surface area contributed by atoms with Crippen LogP contribution < -0.4 is 14.8 Å². The first-order chi connectivity index (χ1) is 9.53. The average molecular weight is 281 g/mol. The lowest BCUT2D eigenvalue weighted by Crippen LogP contribution is -2.27. The quantitative estimate of drug-likeness (QED) is 0.766. The molecule has 0 heterocycles. The van der Waals surface area contributed by atoms with Crippen LogP contribution >= 0.6 is 0 Å². The highest BCUT2D eigenvalue weighted by molar-refractivity contribution is 5.72. The van der Waals surface area contributed by atoms with Gasteiger partial charge in [0, 0.05) is 17.7 Å². The van der Waals surface area contributed by atoms with E-state index in [1.807, 2.05) is 26.0 Å². The van der Waals surface area contributed by atoms with Crippen LogP contribution in [-0.2, 0) is 4.79 Å². The number of benzene rings is 1. The van der Waals surface area contributed by atoms with E-state index in [0.717, 1.165) is 12.1 Å². The molecule has 0 aliphatic carbocycles. The van der Waals surface area contributed by atoms with Crippen molar-refractivity contribution in [3.8, 4) is 11.5 Å². The third-order valence-corrected chi connectivity index (χ3v) is 3.11. The number of carboxylic acids is 1. The lowest BCUT2D eigenvalue weighted by molar-refractivity contribution is -0.145. The Hall–Kier alpha value is -1.75. The van der Waals surface area contributed by atoms with E-state index in [1.165, 1.54) is 0 Å². The Morgan fingerprint density at radius 2 is 2.10 bits per heavy atom. The summed E-state index contributed by atoms with van der Waals surface area (Å²) in [5, 5.41) is 12.4. The fourth-order valence-corrected chi connectivity index (χ4v) is 1.98. The molecule has 0 aliphatic heterocycles. The molecule has 2 atom stereocenters. The van der Waals surface area contributed by atoms with E-state index in [2.05, 4.69) is 5.32 Å². The molecule has 0 aliphatic rings. The van der Waals surface area contributed by atoms with Crippen molar-refractivity contribution in [1.29, 1.82) is 0 Å². The Morgan fingerprint density at radius 3 is 2.60 bits per heavy atom. The summed E-state index contributed by atoms with van der Waals surface area (Å²) >= 11 is 0. The first kappa shape index (κ1) is 16.3. The summed E-state index contributed by atoms with van der Waals surface area (Å²) in [6.07, 6.45) is -0.448. The van der Waals surface area contributed by atoms with E-state index >= 15 is 0 Å². The summed E-state index contributed by atoms with van der Waals surface area (Å²) in [7, 11) is 1.57. The molecule has 0 radical (unpaired) electrons. The minimum Gasteiger partial charge on any atom is -0.497 e. The summed E-state index contributed by atoms with van der Waals surface area (Å²) in [6, 6.07) is 5.55. The molecule has 1 aromatic carbocycles. The maximum atomic E-state index is 11.1. The van der Waals surface area contributed by atoms with Crippen molar-refractivity contribution in [2.75, 3.05) is 13.7 Å². The summed E-state index contributed by atoms with van der Waals surface area (Å²) < 4.78 is 10.8. The fourth-order valence-electron chi connectivity index (χ4n) is 1.98. The molecule has 0 bridgehead atoms. The highest BCUT2D eigenvalue weighted by Crippen LogP contribution is 2.30. The monoisotopic (exact) mass is 281 g/mol. The summed E-state index contributed by atoms with van der Waals surface area (Å²) in [4.78, 5) is 11.1. The average Bonchev–Trinajstić information content (AvgIpc) is 2.44. The minimum absolute atomic E-state index is 0.0761. The molecule has 2 N–H and O–H groups in total. The first-order valence-electron chi connectivity index (χ1n) is 6.84. The molecular weight excluding hydrogens is 258 g/mol. The molecule has 1 rings (SSSR count). The Kier molecular flexibility index (Phi) is 6.31. The van der Waals surface area contributed by atoms with Crippen LogP contribution in [0.15, 0.2) is 18.2 Å². The van der Waals surface area contributed by atoms with Crippen molar-refractivity contribution in [3.63, 3.8) is 0 Å². The van der Waals surface area contributed by atoms with Gasteiger partial charge in [-0.3, -0.25) is 0 Å². The van der Waals surface area contributed by atoms with E-state index in [4.69, 9.17) is 14.6 Å². The molecule has 0 saturated heterocycles. The normalized spacial score (nSPS) is 13.6. The van der Waals surface area contributed by atoms with Gasteiger partial charge in [0.05, 0.1) is 7.11 Å². The van der Waals surface area contributed by atoms with E-state index in [1.54, 1.807) is 20.1 Å². The highest BCUT2D eigenvalue weighted by atomic mass is 16.5. The van der Waals surface area contributed by atoms with Gasteiger partial charge in [-0.25, -0.2) is 4.79 Å². The van der Waals surface area contributed by atoms with Crippen molar-refractivity contribution in [1.82, 2.24) is 5.32 Å². The first-order valence-corrected chi connectivity index (χ1v) is 6.84. The molecular formula is C15H23NO4. The number of hydrogen-bond donors (Lipinski definition) is 2. The number of methoxy groups -OCH3 is 1. The second-order valence-corrected chi connectivity index (χ2v) is 4.54. The number of hydrogen-bond acceptors (Lipinski definition) is 4. The minimum atomic E-state index is -0.961. The van der Waals surface area contributed by atoms with Crippen molar-refractivity contribution in [2.45, 2.75) is 39.3 Å². The Bertz CT molecular complexity index is 447. The van der Waals surface area contributed by atoms with Crippen molar-refractivity contribution >= 4 is 5.97 Å². The van der Waals surface area contributed by atoms with Crippen LogP contribution in [0.5, 0.6) is 11.5 Å². The molecule has 5 nitrogen and oxygen atoms in total. The van der Waals surface area contributed by atoms with Crippen molar-refractivity contribution in [2.24, 2.45) is 0 Å². The molecule has 20 heavy (non-hydrogen) atoms. The second-order valence-electron chi connectivity index (χ2n) is 4.54. The van der Waals surface area contributed by atoms with E-state index in [0.29, 0.717) is 17.9 Å². The number of aliphatic carboxylic acids is 1. The predicted octanol–water partition coefficient (Wildman–Crippen LogP) is 2.61. The van der Waals surface area contributed by atoms with Gasteiger partial charge in [-0.05, 0) is 26.0 Å². The van der Waals surface area contributed by atoms with Crippen LogP contribution in [0.25, 0.3) is 0 Å². The second kappa shape index (κ2) is 7.75. The number of carboxylic acid groups (broad SMARTS) is 1. The van der Waals surface area contributed by atoms with Crippen LogP contribution in [0.3, 0.4) is 0 Å². The molecule has 0 spiro atoms. The smallest absolute Gasteiger partial charge is 0.344 e. The third kappa shape index (κ3) is 4.13. The van der Waals surface area contributed by atoms with E-state index in [9.17, 15) is 4.79 Å². The topological polar surface area (TPSA) is 67.8 Å². The Labute approximate surface area is 119 Å². The zero-order valence-corrected chi connectivity index (χ0v) is 12.5. The van der Waals surface area contributed by atoms with Gasteiger partial charge >= 0.3 is 5.97 Å². The van der Waals surface area contributed by atoms with Crippen LogP contribution in [0, 0.1) is 0 Å². The Balaban J connectivity index is 3.08. The van der Waals surface area contributed by atoms with Crippen molar-refractivity contribution < 1.29 is 19.4 Å². The van der Waals surface area contributed by atoms with E-state index < -0.39 is 12.1 Å². The fraction of sp³-hybridized carbons (Fsp3) is 0.533. The van der Waals surface area contributed by atoms with Gasteiger partial charge < -0.3 is 19.9 Å². The molecule has 5 heteroatoms. The van der Waals surface area contributed by atoms with Crippen LogP contribution in [0.2, 0.25) is 0 Å². The Morgan fingerprint density at radius 1 is 1.40 bits per heavy atom. The maximum absolute atomic E-state index is 11.1. The number of carbonyl (C=O) groups is 1. The predicted molar refractivity (Wildman–Crippen MR) is 77.4 cm³/mol. The molecule has 0 amide bonds. The summed E-state index contributed by atoms with van der Waals surface area (Å²) in [5.74, 6) is 0.233. The van der Waals surface area contributed by atoms with Gasteiger partial charge in [0.1, 0.15) is 11.5 Å². The SMILES string of the molecule is CCNC(C)c1ccc(OC)cc1OC(CC)C(=O)O. The largest absolute Gasteiger partial charge is 0.497 e. The molecule has 0 aromatic heterocycles. The molecule has 0 saturated carbocycles. The zero-order chi connectivity index (χ0) is 15.1. The van der Waals surface area contributed by atoms with Crippen LogP contribution in [-0.4, -0.2) is 30.8 Å². The number of nitrogens with one attached hydrogen (secondary N) is 1. The van der Waals surface area contributed by atoms with Crippen molar-refractivity contribution in [3.05, 3.63) is 23.8 Å². The van der Waals surface area contributed by atoms with Gasteiger partial charge in [-0.15, -0.1) is 0 Å². The summed E-state index contributed by atoms with van der Waals surface area (Å²) in [6.45, 7) is 6.64. The zero-order valence-electron chi connectivity index (χ0n) is 12.5. The van der Waals surface area contributed by atoms with Crippen LogP contribution in [0.4, 0.5) is 0 Å². The molecule has 2 unspecified atom stereocenters. The highest BCUT2D eigenvalue weighted by Gasteiger charge is 2.20. The molecule has 112 valence electrons. The lowest BCUT2D eigenvalue weighted by atomic mass is 10.1. The van der Waals surface area contributed by atoms with Gasteiger partial charge in [0.25, 0.3) is 0 Å². The van der Waals surface area contributed by atoms with Gasteiger partial charge in [0.15, 0.2) is 6.10 Å². The van der Waals surface area contributed by atoms with Gasteiger partial charge in [-0.1, -0.05) is 19.9 Å². The molecule has 1 aromatic rings. The van der Waals surface area contributed by atoms with Gasteiger partial charge in [0.2, 0.25) is 0 Å². The van der Waals surface area contributed by atoms with Crippen LogP contribution in [0.1, 0.15) is 38.8 Å². The standard InChI is InChI=1S/C15H23NO4/c1-5-13(15(17)18)20-14-9-11(19-4)7-8-12(14)10(3)16-6-2/h7-10,13,16H,5-6H2,1-4H3,(H,17,18). The number of ether oxygens (including phenoxy) is 2. The maximum Gasteiger partial charge on any atom is 0.344 e. The van der Waals surface area contributed by atoms with Gasteiger partial charge in [-0.2, -0.15) is 0 Å². The number of rotatable bonds is 8. The lowest BCUT2D eigenvalue weighted by Gasteiger charge is -2.21. The third-order valence-electron chi connectivity index (χ3n) is 3.11. The summed E-state index contributed by atoms with van der Waals surface area (Å²) in [5.41, 5.74) is 0.923. The van der Waals surface area contributed by atoms with E-state index in [-0.39, 0.29) is 6.04 Å². The molecule has 0 fully saturated rings.